The molecular formula is C21H24N6. The highest BCUT2D eigenvalue weighted by molar-refractivity contribution is 5.57. The summed E-state index contributed by atoms with van der Waals surface area (Å²) in [6, 6.07) is 12.7. The SMILES string of the molecule is CC(C)Cc1ccc([C@@H](C)c2nc3nccc(-c4ccnn4C)n3n2)cc1. The first-order valence-corrected chi connectivity index (χ1v) is 9.32. The summed E-state index contributed by atoms with van der Waals surface area (Å²) in [6.07, 6.45) is 4.64. The van der Waals surface area contributed by atoms with Crippen LogP contribution in [0.3, 0.4) is 0 Å². The molecule has 6 heteroatoms. The van der Waals surface area contributed by atoms with Crippen LogP contribution in [0.1, 0.15) is 43.6 Å². The maximum atomic E-state index is 4.76. The second kappa shape index (κ2) is 6.95. The highest BCUT2D eigenvalue weighted by Gasteiger charge is 2.17. The van der Waals surface area contributed by atoms with Crippen LogP contribution in [0.2, 0.25) is 0 Å². The minimum Gasteiger partial charge on any atom is -0.266 e. The molecule has 0 saturated carbocycles. The van der Waals surface area contributed by atoms with Crippen molar-refractivity contribution >= 4 is 5.78 Å². The van der Waals surface area contributed by atoms with Crippen LogP contribution in [0, 0.1) is 5.92 Å². The van der Waals surface area contributed by atoms with E-state index in [1.807, 2.05) is 23.9 Å². The van der Waals surface area contributed by atoms with Crippen LogP contribution >= 0.6 is 0 Å². The molecule has 4 aromatic rings. The van der Waals surface area contributed by atoms with Crippen molar-refractivity contribution in [3.8, 4) is 11.4 Å². The Hall–Kier alpha value is -3.02. The van der Waals surface area contributed by atoms with Crippen molar-refractivity contribution in [1.29, 1.82) is 0 Å². The van der Waals surface area contributed by atoms with Gasteiger partial charge in [-0.05, 0) is 35.6 Å². The third-order valence-corrected chi connectivity index (χ3v) is 4.85. The van der Waals surface area contributed by atoms with Crippen molar-refractivity contribution in [2.75, 3.05) is 0 Å². The zero-order valence-corrected chi connectivity index (χ0v) is 16.2. The third kappa shape index (κ3) is 3.35. The fourth-order valence-corrected chi connectivity index (χ4v) is 3.37. The number of aromatic nitrogens is 6. The second-order valence-electron chi connectivity index (χ2n) is 7.41. The number of nitrogens with zero attached hydrogens (tertiary/aromatic N) is 6. The van der Waals surface area contributed by atoms with Crippen molar-refractivity contribution in [3.63, 3.8) is 0 Å². The number of hydrogen-bond acceptors (Lipinski definition) is 4. The Labute approximate surface area is 158 Å². The first-order chi connectivity index (χ1) is 13.0. The average Bonchev–Trinajstić information content (AvgIpc) is 3.27. The van der Waals surface area contributed by atoms with Gasteiger partial charge in [0.05, 0.1) is 11.4 Å². The van der Waals surface area contributed by atoms with E-state index in [2.05, 4.69) is 60.1 Å². The summed E-state index contributed by atoms with van der Waals surface area (Å²) in [5, 5.41) is 9.01. The summed E-state index contributed by atoms with van der Waals surface area (Å²) in [7, 11) is 1.92. The van der Waals surface area contributed by atoms with E-state index in [1.165, 1.54) is 11.1 Å². The van der Waals surface area contributed by atoms with Gasteiger partial charge < -0.3 is 0 Å². The highest BCUT2D eigenvalue weighted by Crippen LogP contribution is 2.24. The standard InChI is InChI=1S/C21H24N6/c1-14(2)13-16-5-7-17(8-6-16)15(3)20-24-21-22-11-9-19(27(21)25-20)18-10-12-23-26(18)4/h5-12,14-15H,13H2,1-4H3/t15-/m1/s1. The predicted octanol–water partition coefficient (Wildman–Crippen LogP) is 3.88. The van der Waals surface area contributed by atoms with E-state index >= 15 is 0 Å². The molecule has 0 N–H and O–H groups in total. The molecule has 6 nitrogen and oxygen atoms in total. The van der Waals surface area contributed by atoms with Crippen molar-refractivity contribution in [3.05, 3.63) is 65.7 Å². The number of aryl methyl sites for hydroxylation is 1. The highest BCUT2D eigenvalue weighted by atomic mass is 15.3. The maximum Gasteiger partial charge on any atom is 0.253 e. The number of rotatable bonds is 5. The van der Waals surface area contributed by atoms with Gasteiger partial charge in [-0.15, -0.1) is 5.10 Å². The maximum absolute atomic E-state index is 4.76. The van der Waals surface area contributed by atoms with Crippen molar-refractivity contribution in [2.45, 2.75) is 33.1 Å². The summed E-state index contributed by atoms with van der Waals surface area (Å²) >= 11 is 0. The molecule has 0 aliphatic heterocycles. The number of benzene rings is 1. The third-order valence-electron chi connectivity index (χ3n) is 4.85. The normalized spacial score (nSPS) is 12.8. The number of fused-ring (bicyclic) bond motifs is 1. The zero-order valence-electron chi connectivity index (χ0n) is 16.2. The van der Waals surface area contributed by atoms with Crippen LogP contribution in [0.25, 0.3) is 17.2 Å². The van der Waals surface area contributed by atoms with Crippen molar-refractivity contribution < 1.29 is 0 Å². The monoisotopic (exact) mass is 360 g/mol. The molecule has 4 rings (SSSR count). The molecule has 3 aromatic heterocycles. The van der Waals surface area contributed by atoms with Crippen molar-refractivity contribution in [1.82, 2.24) is 29.4 Å². The second-order valence-corrected chi connectivity index (χ2v) is 7.41. The lowest BCUT2D eigenvalue weighted by molar-refractivity contribution is 0.647. The Morgan fingerprint density at radius 1 is 0.926 bits per heavy atom. The van der Waals surface area contributed by atoms with Crippen LogP contribution in [0.15, 0.2) is 48.8 Å². The summed E-state index contributed by atoms with van der Waals surface area (Å²) in [4.78, 5) is 9.06. The van der Waals surface area contributed by atoms with E-state index in [0.29, 0.717) is 11.7 Å². The molecule has 0 bridgehead atoms. The summed E-state index contributed by atoms with van der Waals surface area (Å²) in [5.41, 5.74) is 4.48. The Kier molecular flexibility index (Phi) is 4.48. The van der Waals surface area contributed by atoms with Gasteiger partial charge in [-0.3, -0.25) is 4.68 Å². The average molecular weight is 360 g/mol. The Morgan fingerprint density at radius 2 is 1.67 bits per heavy atom. The van der Waals surface area contributed by atoms with Crippen LogP contribution in [0.4, 0.5) is 0 Å². The van der Waals surface area contributed by atoms with E-state index in [0.717, 1.165) is 23.6 Å². The first-order valence-electron chi connectivity index (χ1n) is 9.32. The Bertz CT molecular complexity index is 1060. The molecular weight excluding hydrogens is 336 g/mol. The lowest BCUT2D eigenvalue weighted by Gasteiger charge is -2.10. The molecule has 1 aromatic carbocycles. The first kappa shape index (κ1) is 17.4. The van der Waals surface area contributed by atoms with E-state index in [-0.39, 0.29) is 5.92 Å². The summed E-state index contributed by atoms with van der Waals surface area (Å²) in [5.74, 6) is 2.13. The minimum absolute atomic E-state index is 0.0965. The number of hydrogen-bond donors (Lipinski definition) is 0. The van der Waals surface area contributed by atoms with E-state index in [9.17, 15) is 0 Å². The van der Waals surface area contributed by atoms with Gasteiger partial charge in [-0.25, -0.2) is 4.98 Å². The molecule has 0 aliphatic carbocycles. The lowest BCUT2D eigenvalue weighted by Crippen LogP contribution is -2.02. The predicted molar refractivity (Wildman–Crippen MR) is 105 cm³/mol. The fourth-order valence-electron chi connectivity index (χ4n) is 3.37. The fraction of sp³-hybridized carbons (Fsp3) is 0.333. The van der Waals surface area contributed by atoms with E-state index in [4.69, 9.17) is 5.10 Å². The van der Waals surface area contributed by atoms with E-state index < -0.39 is 0 Å². The molecule has 138 valence electrons. The van der Waals surface area contributed by atoms with Crippen LogP contribution < -0.4 is 0 Å². The quantitative estimate of drug-likeness (QED) is 0.542. The minimum atomic E-state index is 0.0965. The van der Waals surface area contributed by atoms with Gasteiger partial charge in [0.2, 0.25) is 0 Å². The summed E-state index contributed by atoms with van der Waals surface area (Å²) < 4.78 is 3.63. The van der Waals surface area contributed by atoms with Crippen molar-refractivity contribution in [2.24, 2.45) is 13.0 Å². The molecule has 0 radical (unpaired) electrons. The molecule has 0 amide bonds. The molecule has 1 atom stereocenters. The van der Waals surface area contributed by atoms with Crippen LogP contribution in [0.5, 0.6) is 0 Å². The smallest absolute Gasteiger partial charge is 0.253 e. The molecule has 0 unspecified atom stereocenters. The molecule has 0 saturated heterocycles. The lowest BCUT2D eigenvalue weighted by atomic mass is 9.96. The van der Waals surface area contributed by atoms with Crippen LogP contribution in [-0.4, -0.2) is 29.4 Å². The molecule has 3 heterocycles. The molecule has 0 fully saturated rings. The van der Waals surface area contributed by atoms with Gasteiger partial charge in [0.1, 0.15) is 0 Å². The van der Waals surface area contributed by atoms with Gasteiger partial charge in [0.15, 0.2) is 5.82 Å². The Balaban J connectivity index is 1.69. The van der Waals surface area contributed by atoms with Gasteiger partial charge in [0, 0.05) is 25.4 Å². The van der Waals surface area contributed by atoms with Crippen LogP contribution in [-0.2, 0) is 13.5 Å². The zero-order chi connectivity index (χ0) is 19.0. The Morgan fingerprint density at radius 3 is 2.33 bits per heavy atom. The molecule has 27 heavy (non-hydrogen) atoms. The van der Waals surface area contributed by atoms with Gasteiger partial charge >= 0.3 is 0 Å². The van der Waals surface area contributed by atoms with E-state index in [1.54, 1.807) is 16.9 Å². The largest absolute Gasteiger partial charge is 0.266 e. The molecule has 0 spiro atoms. The molecule has 0 aliphatic rings. The topological polar surface area (TPSA) is 60.9 Å². The van der Waals surface area contributed by atoms with Gasteiger partial charge in [-0.1, -0.05) is 45.0 Å². The van der Waals surface area contributed by atoms with Gasteiger partial charge in [0.25, 0.3) is 5.78 Å². The summed E-state index contributed by atoms with van der Waals surface area (Å²) in [6.45, 7) is 6.61. The van der Waals surface area contributed by atoms with Gasteiger partial charge in [-0.2, -0.15) is 14.6 Å².